The molecule has 3 rings (SSSR count). The lowest BCUT2D eigenvalue weighted by molar-refractivity contribution is 0.272. The minimum absolute atomic E-state index is 0.0107. The Balaban J connectivity index is 1.92. The molecule has 124 valence electrons. The van der Waals surface area contributed by atoms with Crippen molar-refractivity contribution in [2.75, 3.05) is 6.61 Å². The third-order valence-corrected chi connectivity index (χ3v) is 3.69. The average molecular weight is 354 g/mol. The van der Waals surface area contributed by atoms with Gasteiger partial charge in [0, 0.05) is 5.02 Å². The summed E-state index contributed by atoms with van der Waals surface area (Å²) in [5, 5.41) is 20.5. The van der Waals surface area contributed by atoms with Gasteiger partial charge in [-0.1, -0.05) is 23.7 Å². The summed E-state index contributed by atoms with van der Waals surface area (Å²) in [5.74, 6) is 0.132. The third-order valence-electron chi connectivity index (χ3n) is 3.44. The van der Waals surface area contributed by atoms with E-state index in [4.69, 9.17) is 16.3 Å². The fourth-order valence-electron chi connectivity index (χ4n) is 2.21. The fourth-order valence-corrected chi connectivity index (χ4v) is 2.34. The molecule has 0 aliphatic rings. The minimum Gasteiger partial charge on any atom is -0.507 e. The Morgan fingerprint density at radius 2 is 1.96 bits per heavy atom. The fraction of sp³-hybridized carbons (Fsp3) is 0.0556. The van der Waals surface area contributed by atoms with Crippen LogP contribution in [0.3, 0.4) is 0 Å². The van der Waals surface area contributed by atoms with Gasteiger partial charge in [0.25, 0.3) is 5.56 Å². The predicted molar refractivity (Wildman–Crippen MR) is 94.5 cm³/mol. The van der Waals surface area contributed by atoms with E-state index in [1.54, 1.807) is 48.5 Å². The number of benzene rings is 2. The summed E-state index contributed by atoms with van der Waals surface area (Å²) in [6.07, 6.45) is 0. The molecule has 1 aromatic heterocycles. The number of nitrogens with zero attached hydrogens (tertiary/aromatic N) is 2. The van der Waals surface area contributed by atoms with E-state index < -0.39 is 0 Å². The van der Waals surface area contributed by atoms with Crippen LogP contribution in [0.25, 0.3) is 16.5 Å². The molecule has 25 heavy (non-hydrogen) atoms. The van der Waals surface area contributed by atoms with Crippen LogP contribution in [-0.2, 0) is 0 Å². The Labute approximate surface area is 147 Å². The largest absolute Gasteiger partial charge is 0.507 e. The zero-order valence-electron chi connectivity index (χ0n) is 12.9. The van der Waals surface area contributed by atoms with Crippen molar-refractivity contribution in [3.8, 4) is 11.8 Å². The summed E-state index contributed by atoms with van der Waals surface area (Å²) in [5.41, 5.74) is -0.114. The highest BCUT2D eigenvalue weighted by Crippen LogP contribution is 2.18. The van der Waals surface area contributed by atoms with Crippen LogP contribution in [0.4, 0.5) is 0 Å². The van der Waals surface area contributed by atoms with E-state index in [2.05, 4.69) is 9.97 Å². The number of halogens is 1. The van der Waals surface area contributed by atoms with Gasteiger partial charge in [0.05, 0.1) is 10.9 Å². The molecule has 2 aromatic carbocycles. The van der Waals surface area contributed by atoms with Gasteiger partial charge in [-0.25, -0.2) is 4.98 Å². The summed E-state index contributed by atoms with van der Waals surface area (Å²) in [6, 6.07) is 15.2. The third kappa shape index (κ3) is 3.62. The van der Waals surface area contributed by atoms with E-state index in [1.807, 2.05) is 6.07 Å². The van der Waals surface area contributed by atoms with Crippen molar-refractivity contribution < 1.29 is 9.84 Å². The van der Waals surface area contributed by atoms with E-state index in [0.29, 0.717) is 21.7 Å². The standard InChI is InChI=1S/C18H12ClN3O3/c19-11-5-7-12(8-6-11)25-10-16(23)14(9-20)17-21-15-4-2-1-3-13(15)18(24)22-17/h1-8,23H,10H2,(H,21,22,24). The van der Waals surface area contributed by atoms with Gasteiger partial charge in [-0.2, -0.15) is 5.26 Å². The summed E-state index contributed by atoms with van der Waals surface area (Å²) < 4.78 is 5.41. The molecule has 0 aliphatic carbocycles. The van der Waals surface area contributed by atoms with E-state index >= 15 is 0 Å². The summed E-state index contributed by atoms with van der Waals surface area (Å²) in [4.78, 5) is 18.8. The molecular weight excluding hydrogens is 342 g/mol. The average Bonchev–Trinajstić information content (AvgIpc) is 2.62. The van der Waals surface area contributed by atoms with Gasteiger partial charge >= 0.3 is 0 Å². The number of ether oxygens (including phenoxy) is 1. The molecule has 6 nitrogen and oxygen atoms in total. The highest BCUT2D eigenvalue weighted by molar-refractivity contribution is 6.30. The van der Waals surface area contributed by atoms with Gasteiger partial charge in [0.15, 0.2) is 11.6 Å². The lowest BCUT2D eigenvalue weighted by Crippen LogP contribution is -2.13. The Morgan fingerprint density at radius 3 is 2.68 bits per heavy atom. The lowest BCUT2D eigenvalue weighted by Gasteiger charge is -2.08. The molecular formula is C18H12ClN3O3. The quantitative estimate of drug-likeness (QED) is 0.553. The number of para-hydroxylation sites is 1. The number of allylic oxidation sites excluding steroid dienone is 1. The molecule has 0 radical (unpaired) electrons. The molecule has 3 aromatic rings. The van der Waals surface area contributed by atoms with Crippen LogP contribution in [0.5, 0.6) is 5.75 Å². The second kappa shape index (κ2) is 7.07. The highest BCUT2D eigenvalue weighted by Gasteiger charge is 2.13. The molecule has 1 heterocycles. The number of nitrogens with one attached hydrogen (secondary N) is 1. The normalized spacial score (nSPS) is 11.7. The van der Waals surface area contributed by atoms with Crippen LogP contribution >= 0.6 is 11.6 Å². The Morgan fingerprint density at radius 1 is 1.24 bits per heavy atom. The van der Waals surface area contributed by atoms with Crippen LogP contribution in [0, 0.1) is 11.3 Å². The van der Waals surface area contributed by atoms with Crippen molar-refractivity contribution in [3.63, 3.8) is 0 Å². The number of H-pyrrole nitrogens is 1. The zero-order chi connectivity index (χ0) is 17.8. The maximum atomic E-state index is 12.1. The molecule has 0 unspecified atom stereocenters. The van der Waals surface area contributed by atoms with E-state index in [1.165, 1.54) is 0 Å². The second-order valence-electron chi connectivity index (χ2n) is 5.11. The molecule has 0 saturated heterocycles. The molecule has 0 aliphatic heterocycles. The molecule has 7 heteroatoms. The Kier molecular flexibility index (Phi) is 4.68. The van der Waals surface area contributed by atoms with Crippen molar-refractivity contribution in [3.05, 3.63) is 75.5 Å². The molecule has 0 atom stereocenters. The number of aromatic amines is 1. The van der Waals surface area contributed by atoms with Crippen molar-refractivity contribution in [1.29, 1.82) is 5.26 Å². The van der Waals surface area contributed by atoms with Gasteiger partial charge in [-0.05, 0) is 36.4 Å². The molecule has 0 amide bonds. The van der Waals surface area contributed by atoms with Crippen LogP contribution < -0.4 is 10.3 Å². The Hall–Kier alpha value is -3.30. The first-order valence-electron chi connectivity index (χ1n) is 7.28. The van der Waals surface area contributed by atoms with E-state index in [0.717, 1.165) is 0 Å². The Bertz CT molecular complexity index is 1050. The number of fused-ring (bicyclic) bond motifs is 1. The number of aromatic nitrogens is 2. The van der Waals surface area contributed by atoms with Crippen LogP contribution in [-0.4, -0.2) is 21.7 Å². The van der Waals surface area contributed by atoms with Crippen LogP contribution in [0.15, 0.2) is 59.1 Å². The molecule has 0 saturated carbocycles. The lowest BCUT2D eigenvalue weighted by atomic mass is 10.2. The first kappa shape index (κ1) is 16.6. The summed E-state index contributed by atoms with van der Waals surface area (Å²) >= 11 is 5.79. The predicted octanol–water partition coefficient (Wildman–Crippen LogP) is 3.45. The summed E-state index contributed by atoms with van der Waals surface area (Å²) in [6.45, 7) is -0.249. The van der Waals surface area contributed by atoms with Gasteiger partial charge in [-0.3, -0.25) is 4.79 Å². The maximum Gasteiger partial charge on any atom is 0.259 e. The number of hydrogen-bond donors (Lipinski definition) is 2. The van der Waals surface area contributed by atoms with E-state index in [9.17, 15) is 15.2 Å². The van der Waals surface area contributed by atoms with Crippen molar-refractivity contribution in [1.82, 2.24) is 9.97 Å². The van der Waals surface area contributed by atoms with Gasteiger partial charge in [0.1, 0.15) is 24.0 Å². The van der Waals surface area contributed by atoms with Crippen LogP contribution in [0.2, 0.25) is 5.02 Å². The molecule has 0 spiro atoms. The second-order valence-corrected chi connectivity index (χ2v) is 5.54. The molecule has 0 fully saturated rings. The first-order chi connectivity index (χ1) is 12.1. The first-order valence-corrected chi connectivity index (χ1v) is 7.66. The SMILES string of the molecule is N#CC(=C(O)COc1ccc(Cl)cc1)c1nc2ccccc2c(=O)[nH]1. The number of hydrogen-bond acceptors (Lipinski definition) is 5. The summed E-state index contributed by atoms with van der Waals surface area (Å²) in [7, 11) is 0. The zero-order valence-corrected chi connectivity index (χ0v) is 13.6. The number of aliphatic hydroxyl groups excluding tert-OH is 1. The smallest absolute Gasteiger partial charge is 0.259 e. The van der Waals surface area contributed by atoms with Crippen molar-refractivity contribution in [2.45, 2.75) is 0 Å². The molecule has 0 bridgehead atoms. The topological polar surface area (TPSA) is 99.0 Å². The van der Waals surface area contributed by atoms with Crippen molar-refractivity contribution >= 4 is 28.1 Å². The van der Waals surface area contributed by atoms with E-state index in [-0.39, 0.29) is 29.3 Å². The molecule has 2 N–H and O–H groups in total. The monoisotopic (exact) mass is 353 g/mol. The van der Waals surface area contributed by atoms with Gasteiger partial charge in [-0.15, -0.1) is 0 Å². The van der Waals surface area contributed by atoms with Crippen molar-refractivity contribution in [2.24, 2.45) is 0 Å². The highest BCUT2D eigenvalue weighted by atomic mass is 35.5. The number of nitriles is 1. The number of rotatable bonds is 4. The van der Waals surface area contributed by atoms with Gasteiger partial charge in [0.2, 0.25) is 0 Å². The number of aliphatic hydroxyl groups is 1. The minimum atomic E-state index is -0.389. The van der Waals surface area contributed by atoms with Gasteiger partial charge < -0.3 is 14.8 Å². The van der Waals surface area contributed by atoms with Crippen LogP contribution in [0.1, 0.15) is 5.82 Å². The maximum absolute atomic E-state index is 12.1.